The third kappa shape index (κ3) is 2.03. The molecule has 0 amide bonds. The van der Waals surface area contributed by atoms with Gasteiger partial charge in [-0.15, -0.1) is 0 Å². The lowest BCUT2D eigenvalue weighted by molar-refractivity contribution is 0.444. The highest BCUT2D eigenvalue weighted by Gasteiger charge is 2.37. The highest BCUT2D eigenvalue weighted by molar-refractivity contribution is 7.86. The fourth-order valence-corrected chi connectivity index (χ4v) is 2.36. The fraction of sp³-hybridized carbons (Fsp3) is 0.500. The molecular formula is C10H15NO3S. The summed E-state index contributed by atoms with van der Waals surface area (Å²) >= 11 is 0. The molecule has 0 spiro atoms. The molecule has 0 unspecified atom stereocenters. The Hall–Kier alpha value is -0.940. The first-order valence-corrected chi connectivity index (χ1v) is 6.00. The number of nitrogens with zero attached hydrogens (tertiary/aromatic N) is 1. The quantitative estimate of drug-likeness (QED) is 0.785. The van der Waals surface area contributed by atoms with Crippen molar-refractivity contribution in [2.24, 2.45) is 0 Å². The number of rotatable bonds is 2. The van der Waals surface area contributed by atoms with Crippen LogP contribution in [0, 0.1) is 13.8 Å². The molecule has 5 heteroatoms. The maximum atomic E-state index is 11.3. The van der Waals surface area contributed by atoms with Gasteiger partial charge in [-0.3, -0.25) is 9.54 Å². The summed E-state index contributed by atoms with van der Waals surface area (Å²) < 4.78 is 30.5. The van der Waals surface area contributed by atoms with Crippen molar-refractivity contribution in [2.75, 3.05) is 0 Å². The number of pyridine rings is 1. The zero-order valence-corrected chi connectivity index (χ0v) is 10.1. The predicted octanol–water partition coefficient (Wildman–Crippen LogP) is 1.82. The first-order chi connectivity index (χ1) is 6.68. The van der Waals surface area contributed by atoms with E-state index in [4.69, 9.17) is 0 Å². The Morgan fingerprint density at radius 1 is 1.20 bits per heavy atom. The molecule has 0 fully saturated rings. The Kier molecular flexibility index (Phi) is 2.89. The van der Waals surface area contributed by atoms with Gasteiger partial charge < -0.3 is 0 Å². The van der Waals surface area contributed by atoms with Crippen molar-refractivity contribution < 1.29 is 13.0 Å². The van der Waals surface area contributed by atoms with E-state index < -0.39 is 14.9 Å². The van der Waals surface area contributed by atoms with Crippen LogP contribution in [0.4, 0.5) is 0 Å². The van der Waals surface area contributed by atoms with E-state index in [1.807, 2.05) is 0 Å². The smallest absolute Gasteiger partial charge is 0.274 e. The minimum atomic E-state index is -4.13. The van der Waals surface area contributed by atoms with Crippen LogP contribution in [0.25, 0.3) is 0 Å². The number of hydrogen-bond donors (Lipinski definition) is 1. The monoisotopic (exact) mass is 229 g/mol. The summed E-state index contributed by atoms with van der Waals surface area (Å²) in [7, 11) is -4.13. The normalized spacial score (nSPS) is 12.9. The van der Waals surface area contributed by atoms with Gasteiger partial charge in [-0.2, -0.15) is 8.42 Å². The van der Waals surface area contributed by atoms with Gasteiger partial charge >= 0.3 is 0 Å². The second kappa shape index (κ2) is 3.57. The van der Waals surface area contributed by atoms with Crippen LogP contribution in [0.15, 0.2) is 12.4 Å². The minimum Gasteiger partial charge on any atom is -0.285 e. The van der Waals surface area contributed by atoms with Crippen molar-refractivity contribution >= 4 is 10.1 Å². The number of aromatic nitrogens is 1. The lowest BCUT2D eigenvalue weighted by atomic mass is 9.95. The highest BCUT2D eigenvalue weighted by Crippen LogP contribution is 2.32. The van der Waals surface area contributed by atoms with E-state index in [-0.39, 0.29) is 0 Å². The van der Waals surface area contributed by atoms with Gasteiger partial charge in [0.15, 0.2) is 0 Å². The molecule has 0 saturated heterocycles. The largest absolute Gasteiger partial charge is 0.285 e. The molecule has 0 saturated carbocycles. The lowest BCUT2D eigenvalue weighted by Crippen LogP contribution is -2.30. The van der Waals surface area contributed by atoms with Gasteiger partial charge in [0.2, 0.25) is 0 Å². The van der Waals surface area contributed by atoms with Gasteiger partial charge in [0, 0.05) is 12.4 Å². The first kappa shape index (κ1) is 12.1. The lowest BCUT2D eigenvalue weighted by Gasteiger charge is -2.25. The van der Waals surface area contributed by atoms with Gasteiger partial charge in [0.1, 0.15) is 4.75 Å². The second-order valence-corrected chi connectivity index (χ2v) is 6.10. The average molecular weight is 229 g/mol. The third-order valence-electron chi connectivity index (χ3n) is 2.57. The van der Waals surface area contributed by atoms with Gasteiger partial charge in [0.25, 0.3) is 10.1 Å². The fourth-order valence-electron chi connectivity index (χ4n) is 1.78. The van der Waals surface area contributed by atoms with Gasteiger partial charge in [-0.25, -0.2) is 0 Å². The Labute approximate surface area is 90.1 Å². The molecule has 84 valence electrons. The zero-order chi connectivity index (χ0) is 11.9. The molecule has 15 heavy (non-hydrogen) atoms. The number of hydrogen-bond acceptors (Lipinski definition) is 3. The van der Waals surface area contributed by atoms with Crippen LogP contribution in [-0.2, 0) is 14.9 Å². The second-order valence-electron chi connectivity index (χ2n) is 4.13. The summed E-state index contributed by atoms with van der Waals surface area (Å²) in [5, 5.41) is 0. The van der Waals surface area contributed by atoms with Gasteiger partial charge in [0.05, 0.1) is 0 Å². The van der Waals surface area contributed by atoms with Crippen molar-refractivity contribution in [3.8, 4) is 0 Å². The Morgan fingerprint density at radius 2 is 1.60 bits per heavy atom. The molecule has 0 radical (unpaired) electrons. The summed E-state index contributed by atoms with van der Waals surface area (Å²) in [4.78, 5) is 3.96. The maximum absolute atomic E-state index is 11.3. The van der Waals surface area contributed by atoms with Crippen LogP contribution >= 0.6 is 0 Å². The maximum Gasteiger partial charge on any atom is 0.274 e. The van der Waals surface area contributed by atoms with Crippen LogP contribution in [0.1, 0.15) is 30.5 Å². The van der Waals surface area contributed by atoms with Crippen molar-refractivity contribution in [1.29, 1.82) is 0 Å². The molecule has 1 heterocycles. The number of aryl methyl sites for hydroxylation is 2. The molecule has 0 aromatic carbocycles. The summed E-state index contributed by atoms with van der Waals surface area (Å²) in [6.07, 6.45) is 3.19. The summed E-state index contributed by atoms with van der Waals surface area (Å²) in [6.45, 7) is 6.53. The van der Waals surface area contributed by atoms with Crippen LogP contribution in [0.3, 0.4) is 0 Å². The Balaban J connectivity index is 3.53. The van der Waals surface area contributed by atoms with Gasteiger partial charge in [-0.05, 0) is 44.4 Å². The van der Waals surface area contributed by atoms with E-state index >= 15 is 0 Å². The van der Waals surface area contributed by atoms with Crippen LogP contribution in [0.5, 0.6) is 0 Å². The minimum absolute atomic E-state index is 0.611. The van der Waals surface area contributed by atoms with Crippen molar-refractivity contribution in [3.63, 3.8) is 0 Å². The predicted molar refractivity (Wildman–Crippen MR) is 58.3 cm³/mol. The summed E-state index contributed by atoms with van der Waals surface area (Å²) in [6, 6.07) is 0. The molecule has 4 nitrogen and oxygen atoms in total. The molecule has 1 aromatic rings. The molecule has 0 atom stereocenters. The molecule has 0 aliphatic carbocycles. The van der Waals surface area contributed by atoms with E-state index in [0.717, 1.165) is 11.1 Å². The van der Waals surface area contributed by atoms with Crippen LogP contribution < -0.4 is 0 Å². The van der Waals surface area contributed by atoms with E-state index in [2.05, 4.69) is 4.98 Å². The van der Waals surface area contributed by atoms with E-state index in [1.54, 1.807) is 26.2 Å². The third-order valence-corrected chi connectivity index (χ3v) is 4.07. The molecule has 0 aliphatic rings. The standard InChI is InChI=1S/C10H15NO3S/c1-7-5-11-6-8(2)9(7)10(3,4)15(12,13)14/h5-6H,1-4H3,(H,12,13,14). The Bertz CT molecular complexity index is 457. The Morgan fingerprint density at radius 3 is 1.93 bits per heavy atom. The average Bonchev–Trinajstić information content (AvgIpc) is 2.00. The molecule has 0 bridgehead atoms. The summed E-state index contributed by atoms with van der Waals surface area (Å²) in [5.74, 6) is 0. The summed E-state index contributed by atoms with van der Waals surface area (Å²) in [5.41, 5.74) is 2.13. The molecular weight excluding hydrogens is 214 g/mol. The topological polar surface area (TPSA) is 67.3 Å². The molecule has 0 aliphatic heterocycles. The van der Waals surface area contributed by atoms with Crippen LogP contribution in [0.2, 0.25) is 0 Å². The van der Waals surface area contributed by atoms with Crippen molar-refractivity contribution in [3.05, 3.63) is 29.1 Å². The van der Waals surface area contributed by atoms with E-state index in [9.17, 15) is 13.0 Å². The highest BCUT2D eigenvalue weighted by atomic mass is 32.2. The molecule has 1 N–H and O–H groups in total. The van der Waals surface area contributed by atoms with Gasteiger partial charge in [-0.1, -0.05) is 0 Å². The SMILES string of the molecule is Cc1cncc(C)c1C(C)(C)S(=O)(=O)O. The molecule has 1 rings (SSSR count). The van der Waals surface area contributed by atoms with Crippen molar-refractivity contribution in [2.45, 2.75) is 32.4 Å². The zero-order valence-electron chi connectivity index (χ0n) is 9.27. The van der Waals surface area contributed by atoms with E-state index in [0.29, 0.717) is 5.56 Å². The van der Waals surface area contributed by atoms with E-state index in [1.165, 1.54) is 13.8 Å². The first-order valence-electron chi connectivity index (χ1n) is 4.56. The van der Waals surface area contributed by atoms with Crippen molar-refractivity contribution in [1.82, 2.24) is 4.98 Å². The van der Waals surface area contributed by atoms with Crippen LogP contribution in [-0.4, -0.2) is 18.0 Å². The molecule has 1 aromatic heterocycles.